The zero-order valence-electron chi connectivity index (χ0n) is 12.0. The first-order valence-corrected chi connectivity index (χ1v) is 6.92. The van der Waals surface area contributed by atoms with Crippen molar-refractivity contribution in [2.45, 2.75) is 25.9 Å². The van der Waals surface area contributed by atoms with E-state index in [9.17, 15) is 4.39 Å². The van der Waals surface area contributed by atoms with Gasteiger partial charge in [0.1, 0.15) is 5.82 Å². The maximum atomic E-state index is 13.2. The molecule has 0 aliphatic heterocycles. The largest absolute Gasteiger partial charge is 0.370 e. The van der Waals surface area contributed by atoms with E-state index >= 15 is 0 Å². The van der Waals surface area contributed by atoms with E-state index in [4.69, 9.17) is 5.73 Å². The third kappa shape index (κ3) is 3.36. The molecule has 2 nitrogen and oxygen atoms in total. The molecule has 0 spiro atoms. The summed E-state index contributed by atoms with van der Waals surface area (Å²) >= 11 is 0. The van der Waals surface area contributed by atoms with Crippen LogP contribution in [0.4, 0.5) is 10.1 Å². The van der Waals surface area contributed by atoms with Gasteiger partial charge in [0.15, 0.2) is 0 Å². The second kappa shape index (κ2) is 6.53. The lowest BCUT2D eigenvalue weighted by Crippen LogP contribution is -2.20. The zero-order valence-corrected chi connectivity index (χ0v) is 12.0. The average molecular weight is 272 g/mol. The molecule has 2 aromatic rings. The van der Waals surface area contributed by atoms with Gasteiger partial charge in [-0.15, -0.1) is 0 Å². The first kappa shape index (κ1) is 14.5. The van der Waals surface area contributed by atoms with Crippen molar-refractivity contribution >= 4 is 5.69 Å². The number of hydrogen-bond donors (Lipinski definition) is 1. The quantitative estimate of drug-likeness (QED) is 0.895. The smallest absolute Gasteiger partial charge is 0.123 e. The van der Waals surface area contributed by atoms with Crippen LogP contribution in [-0.2, 0) is 6.54 Å². The SMILES string of the molecule is CC[C@H](N)c1ccccc1N(C)Cc1cccc(F)c1. The Kier molecular flexibility index (Phi) is 4.74. The minimum Gasteiger partial charge on any atom is -0.370 e. The van der Waals surface area contributed by atoms with Crippen molar-refractivity contribution in [2.24, 2.45) is 5.73 Å². The molecule has 0 unspecified atom stereocenters. The summed E-state index contributed by atoms with van der Waals surface area (Å²) in [6.07, 6.45) is 0.894. The van der Waals surface area contributed by atoms with E-state index < -0.39 is 0 Å². The van der Waals surface area contributed by atoms with Crippen molar-refractivity contribution in [3.63, 3.8) is 0 Å². The lowest BCUT2D eigenvalue weighted by molar-refractivity contribution is 0.625. The molecular formula is C17H21FN2. The number of benzene rings is 2. The Balaban J connectivity index is 2.23. The topological polar surface area (TPSA) is 29.3 Å². The molecule has 0 radical (unpaired) electrons. The molecule has 2 aromatic carbocycles. The van der Waals surface area contributed by atoms with E-state index in [0.29, 0.717) is 6.54 Å². The van der Waals surface area contributed by atoms with Crippen LogP contribution in [-0.4, -0.2) is 7.05 Å². The molecule has 0 bridgehead atoms. The number of rotatable bonds is 5. The first-order chi connectivity index (χ1) is 9.61. The second-order valence-electron chi connectivity index (χ2n) is 5.06. The lowest BCUT2D eigenvalue weighted by Gasteiger charge is -2.25. The summed E-state index contributed by atoms with van der Waals surface area (Å²) in [4.78, 5) is 2.11. The third-order valence-electron chi connectivity index (χ3n) is 3.50. The van der Waals surface area contributed by atoms with Crippen LogP contribution in [0, 0.1) is 5.82 Å². The Morgan fingerprint density at radius 1 is 1.15 bits per heavy atom. The van der Waals surface area contributed by atoms with Crippen LogP contribution in [0.3, 0.4) is 0 Å². The molecule has 1 atom stereocenters. The molecule has 20 heavy (non-hydrogen) atoms. The van der Waals surface area contributed by atoms with Crippen molar-refractivity contribution in [1.29, 1.82) is 0 Å². The van der Waals surface area contributed by atoms with Crippen molar-refractivity contribution in [3.05, 3.63) is 65.5 Å². The summed E-state index contributed by atoms with van der Waals surface area (Å²) in [6, 6.07) is 14.9. The molecular weight excluding hydrogens is 251 g/mol. The highest BCUT2D eigenvalue weighted by atomic mass is 19.1. The Hall–Kier alpha value is -1.87. The Bertz CT molecular complexity index is 568. The highest BCUT2D eigenvalue weighted by molar-refractivity contribution is 5.54. The van der Waals surface area contributed by atoms with E-state index in [0.717, 1.165) is 23.2 Å². The monoisotopic (exact) mass is 272 g/mol. The predicted molar refractivity (Wildman–Crippen MR) is 82.2 cm³/mol. The third-order valence-corrected chi connectivity index (χ3v) is 3.50. The van der Waals surface area contributed by atoms with Gasteiger partial charge in [0.05, 0.1) is 0 Å². The molecule has 2 N–H and O–H groups in total. The number of para-hydroxylation sites is 1. The van der Waals surface area contributed by atoms with Crippen LogP contribution in [0.25, 0.3) is 0 Å². The molecule has 0 heterocycles. The number of anilines is 1. The van der Waals surface area contributed by atoms with Gasteiger partial charge in [-0.1, -0.05) is 37.3 Å². The molecule has 0 fully saturated rings. The number of nitrogens with two attached hydrogens (primary N) is 1. The maximum absolute atomic E-state index is 13.2. The fourth-order valence-corrected chi connectivity index (χ4v) is 2.36. The van der Waals surface area contributed by atoms with Crippen LogP contribution in [0.2, 0.25) is 0 Å². The van der Waals surface area contributed by atoms with Gasteiger partial charge in [0, 0.05) is 25.3 Å². The summed E-state index contributed by atoms with van der Waals surface area (Å²) in [5, 5.41) is 0. The van der Waals surface area contributed by atoms with Gasteiger partial charge in [-0.25, -0.2) is 4.39 Å². The summed E-state index contributed by atoms with van der Waals surface area (Å²) in [6.45, 7) is 2.74. The van der Waals surface area contributed by atoms with Crippen LogP contribution in [0.1, 0.15) is 30.5 Å². The van der Waals surface area contributed by atoms with Crippen molar-refractivity contribution in [1.82, 2.24) is 0 Å². The van der Waals surface area contributed by atoms with Gasteiger partial charge in [0.2, 0.25) is 0 Å². The fourth-order valence-electron chi connectivity index (χ4n) is 2.36. The molecule has 106 valence electrons. The van der Waals surface area contributed by atoms with Crippen LogP contribution in [0.15, 0.2) is 48.5 Å². The normalized spacial score (nSPS) is 12.2. The molecule has 2 rings (SSSR count). The van der Waals surface area contributed by atoms with Gasteiger partial charge < -0.3 is 10.6 Å². The summed E-state index contributed by atoms with van der Waals surface area (Å²) in [5.41, 5.74) is 9.35. The van der Waals surface area contributed by atoms with Gasteiger partial charge >= 0.3 is 0 Å². The van der Waals surface area contributed by atoms with Gasteiger partial charge in [-0.3, -0.25) is 0 Å². The van der Waals surface area contributed by atoms with Gasteiger partial charge in [-0.05, 0) is 35.7 Å². The Morgan fingerprint density at radius 3 is 2.60 bits per heavy atom. The maximum Gasteiger partial charge on any atom is 0.123 e. The molecule has 0 aliphatic rings. The first-order valence-electron chi connectivity index (χ1n) is 6.92. The van der Waals surface area contributed by atoms with E-state index in [1.54, 1.807) is 12.1 Å². The van der Waals surface area contributed by atoms with Crippen molar-refractivity contribution in [2.75, 3.05) is 11.9 Å². The van der Waals surface area contributed by atoms with Crippen LogP contribution < -0.4 is 10.6 Å². The molecule has 0 aliphatic carbocycles. The number of hydrogen-bond acceptors (Lipinski definition) is 2. The standard InChI is InChI=1S/C17H21FN2/c1-3-16(19)15-9-4-5-10-17(15)20(2)12-13-7-6-8-14(18)11-13/h4-11,16H,3,12,19H2,1-2H3/t16-/m0/s1. The highest BCUT2D eigenvalue weighted by Gasteiger charge is 2.12. The molecule has 0 saturated carbocycles. The Labute approximate surface area is 120 Å². The minimum atomic E-state index is -0.200. The summed E-state index contributed by atoms with van der Waals surface area (Å²) in [7, 11) is 2.01. The van der Waals surface area contributed by atoms with Gasteiger partial charge in [-0.2, -0.15) is 0 Å². The number of halogens is 1. The molecule has 0 saturated heterocycles. The van der Waals surface area contributed by atoms with E-state index in [2.05, 4.69) is 24.0 Å². The van der Waals surface area contributed by atoms with Gasteiger partial charge in [0.25, 0.3) is 0 Å². The second-order valence-corrected chi connectivity index (χ2v) is 5.06. The summed E-state index contributed by atoms with van der Waals surface area (Å²) in [5.74, 6) is -0.200. The molecule has 3 heteroatoms. The zero-order chi connectivity index (χ0) is 14.5. The Morgan fingerprint density at radius 2 is 1.90 bits per heavy atom. The van der Waals surface area contributed by atoms with E-state index in [-0.39, 0.29) is 11.9 Å². The highest BCUT2D eigenvalue weighted by Crippen LogP contribution is 2.27. The van der Waals surface area contributed by atoms with E-state index in [1.807, 2.05) is 25.2 Å². The lowest BCUT2D eigenvalue weighted by atomic mass is 10.0. The molecule has 0 amide bonds. The average Bonchev–Trinajstić information content (AvgIpc) is 2.46. The minimum absolute atomic E-state index is 0.0289. The van der Waals surface area contributed by atoms with Crippen LogP contribution >= 0.6 is 0 Å². The number of nitrogens with zero attached hydrogens (tertiary/aromatic N) is 1. The molecule has 0 aromatic heterocycles. The van der Waals surface area contributed by atoms with E-state index in [1.165, 1.54) is 6.07 Å². The summed E-state index contributed by atoms with van der Waals surface area (Å²) < 4.78 is 13.2. The predicted octanol–water partition coefficient (Wildman–Crippen LogP) is 3.87. The fraction of sp³-hybridized carbons (Fsp3) is 0.294. The van der Waals surface area contributed by atoms with Crippen molar-refractivity contribution < 1.29 is 4.39 Å². The van der Waals surface area contributed by atoms with Crippen molar-refractivity contribution in [3.8, 4) is 0 Å². The van der Waals surface area contributed by atoms with Crippen LogP contribution in [0.5, 0.6) is 0 Å².